The van der Waals surface area contributed by atoms with Crippen LogP contribution in [0, 0.1) is 0 Å². The van der Waals surface area contributed by atoms with E-state index in [-0.39, 0.29) is 10.9 Å². The first-order chi connectivity index (χ1) is 14.7. The van der Waals surface area contributed by atoms with E-state index >= 15 is 0 Å². The molecule has 0 saturated carbocycles. The zero-order valence-corrected chi connectivity index (χ0v) is 19.1. The molecule has 0 aromatic heterocycles. The molecule has 0 bridgehead atoms. The lowest BCUT2D eigenvalue weighted by Gasteiger charge is -2.36. The maximum atomic E-state index is 12.7. The predicted molar refractivity (Wildman–Crippen MR) is 120 cm³/mol. The van der Waals surface area contributed by atoms with Crippen LogP contribution in [0.4, 0.5) is 0 Å². The Morgan fingerprint density at radius 2 is 1.77 bits per heavy atom. The molecule has 2 aromatic rings. The normalized spacial score (nSPS) is 19.4. The zero-order chi connectivity index (χ0) is 22.8. The van der Waals surface area contributed by atoms with E-state index in [0.29, 0.717) is 17.6 Å². The van der Waals surface area contributed by atoms with Crippen LogP contribution < -0.4 is 10.6 Å². The van der Waals surface area contributed by atoms with Crippen LogP contribution in [0.15, 0.2) is 64.7 Å². The quantitative estimate of drug-likeness (QED) is 0.637. The minimum atomic E-state index is -3.86. The summed E-state index contributed by atoms with van der Waals surface area (Å²) in [4.78, 5) is 12.8. The highest BCUT2D eigenvalue weighted by atomic mass is 32.2. The van der Waals surface area contributed by atoms with Crippen molar-refractivity contribution in [2.75, 3.05) is 13.7 Å². The second-order valence-electron chi connectivity index (χ2n) is 7.65. The van der Waals surface area contributed by atoms with Crippen LogP contribution in [0.25, 0.3) is 11.1 Å². The molecular weight excluding hydrogens is 414 g/mol. The molecule has 0 amide bonds. The molecule has 2 aromatic carbocycles. The number of nitrogens with zero attached hydrogens (tertiary/aromatic N) is 1. The SMILES string of the molecule is CCCN1NC(CC)=C(C(=O)OC)C1(C)c1ccc(-c2ccccc2S(N)(=O)=O)cc1. The number of allylic oxidation sites excluding steroid dienone is 1. The predicted octanol–water partition coefficient (Wildman–Crippen LogP) is 3.28. The smallest absolute Gasteiger partial charge is 0.337 e. The van der Waals surface area contributed by atoms with Crippen LogP contribution in [0.1, 0.15) is 39.2 Å². The highest BCUT2D eigenvalue weighted by molar-refractivity contribution is 7.89. The third kappa shape index (κ3) is 4.11. The Labute approximate surface area is 183 Å². The number of nitrogens with two attached hydrogens (primary N) is 1. The number of rotatable bonds is 7. The lowest BCUT2D eigenvalue weighted by Crippen LogP contribution is -2.47. The molecule has 0 fully saturated rings. The number of methoxy groups -OCH3 is 1. The lowest BCUT2D eigenvalue weighted by molar-refractivity contribution is -0.137. The van der Waals surface area contributed by atoms with Crippen molar-refractivity contribution in [2.45, 2.75) is 44.0 Å². The number of esters is 1. The van der Waals surface area contributed by atoms with Gasteiger partial charge in [0, 0.05) is 17.8 Å². The van der Waals surface area contributed by atoms with Gasteiger partial charge in [0.25, 0.3) is 0 Å². The summed E-state index contributed by atoms with van der Waals surface area (Å²) >= 11 is 0. The Balaban J connectivity index is 2.12. The number of hydrogen-bond acceptors (Lipinski definition) is 6. The largest absolute Gasteiger partial charge is 0.466 e. The Morgan fingerprint density at radius 3 is 2.32 bits per heavy atom. The number of carbonyl (C=O) groups excluding carboxylic acids is 1. The second-order valence-corrected chi connectivity index (χ2v) is 9.18. The van der Waals surface area contributed by atoms with E-state index in [2.05, 4.69) is 17.4 Å². The maximum absolute atomic E-state index is 12.7. The summed E-state index contributed by atoms with van der Waals surface area (Å²) in [5.74, 6) is -0.367. The summed E-state index contributed by atoms with van der Waals surface area (Å²) < 4.78 is 29.1. The fourth-order valence-corrected chi connectivity index (χ4v) is 4.93. The molecule has 1 aliphatic heterocycles. The number of nitrogens with one attached hydrogen (secondary N) is 1. The van der Waals surface area contributed by atoms with Crippen molar-refractivity contribution >= 4 is 16.0 Å². The van der Waals surface area contributed by atoms with Crippen LogP contribution in [-0.2, 0) is 25.1 Å². The lowest BCUT2D eigenvalue weighted by atomic mass is 9.82. The van der Waals surface area contributed by atoms with Crippen molar-refractivity contribution in [2.24, 2.45) is 5.14 Å². The van der Waals surface area contributed by atoms with Gasteiger partial charge in [-0.2, -0.15) is 0 Å². The van der Waals surface area contributed by atoms with Crippen molar-refractivity contribution < 1.29 is 17.9 Å². The monoisotopic (exact) mass is 443 g/mol. The molecule has 0 aliphatic carbocycles. The van der Waals surface area contributed by atoms with E-state index < -0.39 is 15.6 Å². The van der Waals surface area contributed by atoms with Crippen molar-refractivity contribution in [3.05, 3.63) is 65.4 Å². The molecule has 7 nitrogen and oxygen atoms in total. The molecule has 0 spiro atoms. The van der Waals surface area contributed by atoms with Gasteiger partial charge in [0.05, 0.1) is 23.1 Å². The standard InChI is InChI=1S/C23H29N3O4S/c1-5-15-26-23(3,21(22(27)30-4)19(6-2)25-26)17-13-11-16(12-14-17)18-9-7-8-10-20(18)31(24,28)29/h7-14,25H,5-6,15H2,1-4H3,(H2,24,28,29). The van der Waals surface area contributed by atoms with Gasteiger partial charge in [-0.15, -0.1) is 0 Å². The molecule has 1 unspecified atom stereocenters. The van der Waals surface area contributed by atoms with Crippen LogP contribution in [-0.4, -0.2) is 33.1 Å². The van der Waals surface area contributed by atoms with Gasteiger partial charge < -0.3 is 10.2 Å². The van der Waals surface area contributed by atoms with Crippen molar-refractivity contribution in [1.82, 2.24) is 10.4 Å². The Bertz CT molecular complexity index is 1110. The molecule has 3 rings (SSSR count). The molecular formula is C23H29N3O4S. The van der Waals surface area contributed by atoms with Gasteiger partial charge in [-0.3, -0.25) is 0 Å². The summed E-state index contributed by atoms with van der Waals surface area (Å²) in [5, 5.41) is 7.46. The molecule has 0 saturated heterocycles. The van der Waals surface area contributed by atoms with E-state index in [4.69, 9.17) is 9.88 Å². The van der Waals surface area contributed by atoms with Gasteiger partial charge in [0.2, 0.25) is 10.0 Å². The van der Waals surface area contributed by atoms with Crippen LogP contribution in [0.3, 0.4) is 0 Å². The fraction of sp³-hybridized carbons (Fsp3) is 0.348. The van der Waals surface area contributed by atoms with Gasteiger partial charge >= 0.3 is 5.97 Å². The summed E-state index contributed by atoms with van der Waals surface area (Å²) in [6.07, 6.45) is 1.56. The number of benzene rings is 2. The van der Waals surface area contributed by atoms with Crippen LogP contribution in [0.5, 0.6) is 0 Å². The maximum Gasteiger partial charge on any atom is 0.337 e. The van der Waals surface area contributed by atoms with E-state index in [1.807, 2.05) is 38.1 Å². The van der Waals surface area contributed by atoms with E-state index in [1.165, 1.54) is 13.2 Å². The van der Waals surface area contributed by atoms with Gasteiger partial charge in [-0.25, -0.2) is 23.4 Å². The second kappa shape index (κ2) is 8.82. The minimum absolute atomic E-state index is 0.0764. The van der Waals surface area contributed by atoms with E-state index in [9.17, 15) is 13.2 Å². The van der Waals surface area contributed by atoms with Gasteiger partial charge in [-0.05, 0) is 37.0 Å². The van der Waals surface area contributed by atoms with E-state index in [0.717, 1.165) is 29.8 Å². The number of sulfonamides is 1. The number of ether oxygens (including phenoxy) is 1. The molecule has 0 radical (unpaired) electrons. The first-order valence-electron chi connectivity index (χ1n) is 10.3. The first-order valence-corrected chi connectivity index (χ1v) is 11.8. The van der Waals surface area contributed by atoms with E-state index in [1.54, 1.807) is 18.2 Å². The molecule has 31 heavy (non-hydrogen) atoms. The highest BCUT2D eigenvalue weighted by Crippen LogP contribution is 2.42. The number of primary sulfonamides is 1. The van der Waals surface area contributed by atoms with Crippen LogP contribution >= 0.6 is 0 Å². The summed E-state index contributed by atoms with van der Waals surface area (Å²) in [6, 6.07) is 14.2. The topological polar surface area (TPSA) is 102 Å². The number of carbonyl (C=O) groups is 1. The average molecular weight is 444 g/mol. The Morgan fingerprint density at radius 1 is 1.13 bits per heavy atom. The number of hydrogen-bond donors (Lipinski definition) is 2. The first kappa shape index (κ1) is 23.0. The van der Waals surface area contributed by atoms with Gasteiger partial charge in [0.15, 0.2) is 0 Å². The van der Waals surface area contributed by atoms with Crippen molar-refractivity contribution in [3.8, 4) is 11.1 Å². The fourth-order valence-electron chi connectivity index (χ4n) is 4.17. The van der Waals surface area contributed by atoms with Crippen molar-refractivity contribution in [3.63, 3.8) is 0 Å². The van der Waals surface area contributed by atoms with Crippen LogP contribution in [0.2, 0.25) is 0 Å². The third-order valence-corrected chi connectivity index (χ3v) is 6.71. The Hall–Kier alpha value is -2.68. The summed E-state index contributed by atoms with van der Waals surface area (Å²) in [7, 11) is -2.47. The molecule has 8 heteroatoms. The molecule has 1 aliphatic rings. The molecule has 3 N–H and O–H groups in total. The Kier molecular flexibility index (Phi) is 6.54. The average Bonchev–Trinajstić information content (AvgIpc) is 3.05. The molecule has 166 valence electrons. The summed E-state index contributed by atoms with van der Waals surface area (Å²) in [6.45, 7) is 6.81. The minimum Gasteiger partial charge on any atom is -0.466 e. The third-order valence-electron chi connectivity index (χ3n) is 5.74. The zero-order valence-electron chi connectivity index (χ0n) is 18.3. The highest BCUT2D eigenvalue weighted by Gasteiger charge is 2.47. The van der Waals surface area contributed by atoms with Crippen molar-refractivity contribution in [1.29, 1.82) is 0 Å². The number of hydrazine groups is 1. The molecule has 1 atom stereocenters. The summed E-state index contributed by atoms with van der Waals surface area (Å²) in [5.41, 5.74) is 6.24. The van der Waals surface area contributed by atoms with Gasteiger partial charge in [-0.1, -0.05) is 56.3 Å². The van der Waals surface area contributed by atoms with Gasteiger partial charge in [0.1, 0.15) is 0 Å². The molecule has 1 heterocycles.